The summed E-state index contributed by atoms with van der Waals surface area (Å²) in [6.07, 6.45) is 4.80. The fourth-order valence-corrected chi connectivity index (χ4v) is 4.64. The normalized spacial score (nSPS) is 13.8. The molecule has 172 valence electrons. The van der Waals surface area contributed by atoms with Crippen LogP contribution in [-0.4, -0.2) is 48.0 Å². The number of nitrogens with zero attached hydrogens (tertiary/aromatic N) is 3. The molecule has 2 aromatic carbocycles. The summed E-state index contributed by atoms with van der Waals surface area (Å²) in [6.45, 7) is 1.38. The van der Waals surface area contributed by atoms with Gasteiger partial charge in [0.15, 0.2) is 0 Å². The molecule has 4 rings (SSSR count). The maximum absolute atomic E-state index is 12.6. The van der Waals surface area contributed by atoms with Crippen LogP contribution in [0.4, 0.5) is 5.69 Å². The van der Waals surface area contributed by atoms with Crippen molar-refractivity contribution in [2.45, 2.75) is 24.2 Å². The minimum absolute atomic E-state index is 0.0211. The van der Waals surface area contributed by atoms with Crippen LogP contribution in [0.2, 0.25) is 5.02 Å². The number of nitrogens with one attached hydrogen (secondary N) is 1. The predicted molar refractivity (Wildman–Crippen MR) is 124 cm³/mol. The molecule has 9 nitrogen and oxygen atoms in total. The van der Waals surface area contributed by atoms with E-state index in [1.54, 1.807) is 29.2 Å². The molecule has 2 amide bonds. The molecular formula is C22H22ClN5O4S. The van der Waals surface area contributed by atoms with Crippen LogP contribution in [0.25, 0.3) is 5.69 Å². The Morgan fingerprint density at radius 2 is 1.85 bits per heavy atom. The van der Waals surface area contributed by atoms with Crippen molar-refractivity contribution < 1.29 is 18.0 Å². The highest BCUT2D eigenvalue weighted by Crippen LogP contribution is 2.24. The van der Waals surface area contributed by atoms with Gasteiger partial charge in [-0.3, -0.25) is 9.59 Å². The van der Waals surface area contributed by atoms with E-state index in [0.29, 0.717) is 29.2 Å². The van der Waals surface area contributed by atoms with Crippen molar-refractivity contribution in [3.63, 3.8) is 0 Å². The number of carbonyl (C=O) groups is 2. The monoisotopic (exact) mass is 487 g/mol. The van der Waals surface area contributed by atoms with Gasteiger partial charge in [-0.05, 0) is 42.7 Å². The van der Waals surface area contributed by atoms with Crippen LogP contribution >= 0.6 is 11.6 Å². The Hall–Kier alpha value is -3.21. The first-order valence-electron chi connectivity index (χ1n) is 10.3. The molecule has 0 saturated carbocycles. The van der Waals surface area contributed by atoms with Crippen molar-refractivity contribution in [2.75, 3.05) is 18.4 Å². The minimum Gasteiger partial charge on any atom is -0.339 e. The third-order valence-electron chi connectivity index (χ3n) is 5.33. The second kappa shape index (κ2) is 9.34. The Morgan fingerprint density at radius 1 is 1.12 bits per heavy atom. The van der Waals surface area contributed by atoms with Gasteiger partial charge in [0, 0.05) is 30.0 Å². The Balaban J connectivity index is 1.58. The van der Waals surface area contributed by atoms with E-state index in [0.717, 1.165) is 12.8 Å². The number of primary sulfonamides is 1. The average molecular weight is 488 g/mol. The van der Waals surface area contributed by atoms with Crippen LogP contribution in [0.15, 0.2) is 59.8 Å². The van der Waals surface area contributed by atoms with Crippen LogP contribution in [-0.2, 0) is 21.2 Å². The Kier molecular flexibility index (Phi) is 6.50. The van der Waals surface area contributed by atoms with E-state index in [-0.39, 0.29) is 34.5 Å². The number of hydrogen-bond acceptors (Lipinski definition) is 5. The lowest BCUT2D eigenvalue weighted by Crippen LogP contribution is -2.27. The molecule has 0 bridgehead atoms. The van der Waals surface area contributed by atoms with Gasteiger partial charge in [0.05, 0.1) is 23.9 Å². The maximum atomic E-state index is 12.6. The molecule has 1 aliphatic heterocycles. The zero-order chi connectivity index (χ0) is 23.6. The molecule has 1 aromatic heterocycles. The van der Waals surface area contributed by atoms with Gasteiger partial charge in [-0.2, -0.15) is 5.10 Å². The largest absolute Gasteiger partial charge is 0.339 e. The number of anilines is 1. The topological polar surface area (TPSA) is 127 Å². The summed E-state index contributed by atoms with van der Waals surface area (Å²) >= 11 is 6.10. The highest BCUT2D eigenvalue weighted by molar-refractivity contribution is 7.89. The van der Waals surface area contributed by atoms with E-state index >= 15 is 0 Å². The number of hydrogen-bond donors (Lipinski definition) is 2. The summed E-state index contributed by atoms with van der Waals surface area (Å²) in [7, 11) is -4.16. The number of rotatable bonds is 6. The second-order valence-electron chi connectivity index (χ2n) is 7.72. The summed E-state index contributed by atoms with van der Waals surface area (Å²) in [6, 6.07) is 11.2. The Morgan fingerprint density at radius 3 is 2.55 bits per heavy atom. The third-order valence-corrected chi connectivity index (χ3v) is 6.64. The number of likely N-dealkylation sites (tertiary alicyclic amines) is 1. The molecule has 0 spiro atoms. The molecule has 3 aromatic rings. The van der Waals surface area contributed by atoms with Crippen LogP contribution in [0.3, 0.4) is 0 Å². The molecule has 3 N–H and O–H groups in total. The molecule has 2 heterocycles. The van der Waals surface area contributed by atoms with Gasteiger partial charge >= 0.3 is 0 Å². The number of amides is 2. The fraction of sp³-hybridized carbons (Fsp3) is 0.227. The van der Waals surface area contributed by atoms with Crippen molar-refractivity contribution in [1.29, 1.82) is 0 Å². The first kappa shape index (κ1) is 23.0. The molecule has 33 heavy (non-hydrogen) atoms. The molecule has 0 radical (unpaired) electrons. The standard InChI is InChI=1S/C22H22ClN5O4S/c23-18-6-2-1-5-15(18)11-21(29)26-17-7-8-19(20(12-17)33(24,31)32)28-14-16(13-25-28)22(30)27-9-3-4-10-27/h1-2,5-8,12-14H,3-4,9-11H2,(H,26,29)(H2,24,31,32). The van der Waals surface area contributed by atoms with Crippen LogP contribution < -0.4 is 10.5 Å². The van der Waals surface area contributed by atoms with Crippen molar-refractivity contribution in [2.24, 2.45) is 5.14 Å². The summed E-state index contributed by atoms with van der Waals surface area (Å²) in [5.41, 5.74) is 1.42. The summed E-state index contributed by atoms with van der Waals surface area (Å²) < 4.78 is 25.9. The zero-order valence-corrected chi connectivity index (χ0v) is 19.1. The number of sulfonamides is 1. The van der Waals surface area contributed by atoms with E-state index in [9.17, 15) is 18.0 Å². The minimum atomic E-state index is -4.16. The van der Waals surface area contributed by atoms with Gasteiger partial charge in [0.1, 0.15) is 4.90 Å². The molecule has 0 atom stereocenters. The first-order chi connectivity index (χ1) is 15.7. The number of halogens is 1. The smallest absolute Gasteiger partial charge is 0.257 e. The van der Waals surface area contributed by atoms with E-state index in [1.807, 2.05) is 0 Å². The van der Waals surface area contributed by atoms with E-state index in [4.69, 9.17) is 16.7 Å². The lowest BCUT2D eigenvalue weighted by atomic mass is 10.1. The first-order valence-corrected chi connectivity index (χ1v) is 12.2. The maximum Gasteiger partial charge on any atom is 0.257 e. The molecule has 1 aliphatic rings. The Labute approximate surface area is 196 Å². The zero-order valence-electron chi connectivity index (χ0n) is 17.6. The summed E-state index contributed by atoms with van der Waals surface area (Å²) in [5, 5.41) is 12.7. The highest BCUT2D eigenvalue weighted by Gasteiger charge is 2.23. The molecule has 11 heteroatoms. The SMILES string of the molecule is NS(=O)(=O)c1cc(NC(=O)Cc2ccccc2Cl)ccc1-n1cc(C(=O)N2CCCC2)cn1. The van der Waals surface area contributed by atoms with Gasteiger partial charge in [-0.1, -0.05) is 29.8 Å². The molecule has 1 fully saturated rings. The van der Waals surface area contributed by atoms with Gasteiger partial charge in [0.25, 0.3) is 5.91 Å². The van der Waals surface area contributed by atoms with Gasteiger partial charge < -0.3 is 10.2 Å². The van der Waals surface area contributed by atoms with E-state index in [1.165, 1.54) is 35.3 Å². The Bertz CT molecular complexity index is 1320. The van der Waals surface area contributed by atoms with E-state index < -0.39 is 10.0 Å². The van der Waals surface area contributed by atoms with Crippen molar-refractivity contribution in [3.8, 4) is 5.69 Å². The number of aromatic nitrogens is 2. The molecule has 0 aliphatic carbocycles. The van der Waals surface area contributed by atoms with E-state index in [2.05, 4.69) is 10.4 Å². The summed E-state index contributed by atoms with van der Waals surface area (Å²) in [5.74, 6) is -0.520. The average Bonchev–Trinajstić information content (AvgIpc) is 3.47. The molecule has 0 unspecified atom stereocenters. The van der Waals surface area contributed by atoms with Crippen molar-refractivity contribution >= 4 is 39.1 Å². The van der Waals surface area contributed by atoms with Crippen molar-refractivity contribution in [3.05, 3.63) is 71.0 Å². The van der Waals surface area contributed by atoms with Gasteiger partial charge in [0.2, 0.25) is 15.9 Å². The number of benzene rings is 2. The highest BCUT2D eigenvalue weighted by atomic mass is 35.5. The molecular weight excluding hydrogens is 466 g/mol. The molecule has 1 saturated heterocycles. The number of nitrogens with two attached hydrogens (primary N) is 1. The third kappa shape index (κ3) is 5.24. The second-order valence-corrected chi connectivity index (χ2v) is 9.65. The quantitative estimate of drug-likeness (QED) is 0.552. The van der Waals surface area contributed by atoms with Crippen LogP contribution in [0.1, 0.15) is 28.8 Å². The van der Waals surface area contributed by atoms with Crippen LogP contribution in [0.5, 0.6) is 0 Å². The van der Waals surface area contributed by atoms with Crippen molar-refractivity contribution in [1.82, 2.24) is 14.7 Å². The fourth-order valence-electron chi connectivity index (χ4n) is 3.70. The summed E-state index contributed by atoms with van der Waals surface area (Å²) in [4.78, 5) is 26.5. The van der Waals surface area contributed by atoms with Gasteiger partial charge in [-0.25, -0.2) is 18.2 Å². The van der Waals surface area contributed by atoms with Gasteiger partial charge in [-0.15, -0.1) is 0 Å². The van der Waals surface area contributed by atoms with Crippen LogP contribution in [0, 0.1) is 0 Å². The predicted octanol–water partition coefficient (Wildman–Crippen LogP) is 2.59. The lowest BCUT2D eigenvalue weighted by molar-refractivity contribution is -0.115. The number of carbonyl (C=O) groups excluding carboxylic acids is 2. The lowest BCUT2D eigenvalue weighted by Gasteiger charge is -2.13.